The predicted octanol–water partition coefficient (Wildman–Crippen LogP) is -0.414. The first kappa shape index (κ1) is 16.1. The van der Waals surface area contributed by atoms with Gasteiger partial charge in [0.1, 0.15) is 0 Å². The molecule has 0 aromatic heterocycles. The molecule has 1 rings (SSSR count). The number of ether oxygens (including phenoxy) is 1. The Balaban J connectivity index is 2.52. The molecule has 0 spiro atoms. The topological polar surface area (TPSA) is 101 Å². The Kier molecular flexibility index (Phi) is 5.10. The second kappa shape index (κ2) is 6.01. The zero-order valence-corrected chi connectivity index (χ0v) is 11.2. The van der Waals surface area contributed by atoms with E-state index >= 15 is 0 Å². The molecule has 1 heterocycles. The number of esters is 1. The second-order valence-corrected chi connectivity index (χ2v) is 6.25. The van der Waals surface area contributed by atoms with Crippen LogP contribution in [0.15, 0.2) is 0 Å². The fourth-order valence-electron chi connectivity index (χ4n) is 1.22. The highest BCUT2D eigenvalue weighted by atomic mass is 32.2. The van der Waals surface area contributed by atoms with E-state index in [1.807, 2.05) is 0 Å². The molecule has 7 nitrogen and oxygen atoms in total. The molecule has 11 heteroatoms. The molecular weight excluding hydrogens is 308 g/mol. The highest BCUT2D eigenvalue weighted by Crippen LogP contribution is 2.22. The third-order valence-electron chi connectivity index (χ3n) is 2.25. The minimum absolute atomic E-state index is 0.399. The van der Waals surface area contributed by atoms with E-state index in [0.29, 0.717) is 24.6 Å². The van der Waals surface area contributed by atoms with Crippen LogP contribution in [0.5, 0.6) is 0 Å². The third kappa shape index (κ3) is 4.01. The zero-order chi connectivity index (χ0) is 14.7. The number of carbonyl (C=O) groups excluding carboxylic acids is 2. The fourth-order valence-corrected chi connectivity index (χ4v) is 2.39. The van der Waals surface area contributed by atoms with Crippen molar-refractivity contribution in [1.82, 2.24) is 4.90 Å². The van der Waals surface area contributed by atoms with Crippen LogP contribution in [0.4, 0.5) is 8.78 Å². The van der Waals surface area contributed by atoms with E-state index in [0.717, 1.165) is 0 Å². The van der Waals surface area contributed by atoms with Crippen molar-refractivity contribution in [2.75, 3.05) is 31.2 Å². The van der Waals surface area contributed by atoms with Gasteiger partial charge in [-0.25, -0.2) is 4.79 Å². The Morgan fingerprint density at radius 2 is 1.84 bits per heavy atom. The van der Waals surface area contributed by atoms with E-state index in [-0.39, 0.29) is 0 Å². The molecule has 0 unspecified atom stereocenters. The van der Waals surface area contributed by atoms with Crippen LogP contribution in [0.3, 0.4) is 0 Å². The van der Waals surface area contributed by atoms with E-state index in [1.165, 1.54) is 4.90 Å². The van der Waals surface area contributed by atoms with Gasteiger partial charge < -0.3 is 9.64 Å². The van der Waals surface area contributed by atoms with Crippen LogP contribution >= 0.6 is 11.8 Å². The van der Waals surface area contributed by atoms with Crippen LogP contribution < -0.4 is 0 Å². The van der Waals surface area contributed by atoms with Crippen molar-refractivity contribution in [1.29, 1.82) is 0 Å². The molecule has 1 fully saturated rings. The van der Waals surface area contributed by atoms with Crippen LogP contribution in [-0.2, 0) is 24.4 Å². The van der Waals surface area contributed by atoms with E-state index in [4.69, 9.17) is 4.55 Å². The van der Waals surface area contributed by atoms with Crippen molar-refractivity contribution >= 4 is 33.8 Å². The number of halogens is 2. The fraction of sp³-hybridized carbons (Fsp3) is 0.750. The van der Waals surface area contributed by atoms with Crippen molar-refractivity contribution < 1.29 is 36.1 Å². The largest absolute Gasteiger partial charge is 0.465 e. The SMILES string of the molecule is O=C(COC(=O)C(F)(F)S(=O)(=O)O)N1CCSCC1. The molecule has 1 N–H and O–H groups in total. The van der Waals surface area contributed by atoms with Gasteiger partial charge in [-0.3, -0.25) is 9.35 Å². The maximum absolute atomic E-state index is 12.8. The molecule has 0 bridgehead atoms. The lowest BCUT2D eigenvalue weighted by Crippen LogP contribution is -2.43. The molecule has 0 aromatic carbocycles. The number of amides is 1. The summed E-state index contributed by atoms with van der Waals surface area (Å²) in [6, 6.07) is 0. The van der Waals surface area contributed by atoms with Gasteiger partial charge in [-0.05, 0) is 0 Å². The van der Waals surface area contributed by atoms with E-state index in [9.17, 15) is 26.8 Å². The molecule has 1 aliphatic rings. The van der Waals surface area contributed by atoms with E-state index < -0.39 is 33.9 Å². The Labute approximate surface area is 112 Å². The normalized spacial score (nSPS) is 17.1. The van der Waals surface area contributed by atoms with Gasteiger partial charge >= 0.3 is 21.3 Å². The van der Waals surface area contributed by atoms with Crippen molar-refractivity contribution in [3.63, 3.8) is 0 Å². The molecule has 1 saturated heterocycles. The van der Waals surface area contributed by atoms with Crippen LogP contribution in [0, 0.1) is 0 Å². The summed E-state index contributed by atoms with van der Waals surface area (Å²) >= 11 is 1.61. The van der Waals surface area contributed by atoms with Crippen LogP contribution in [-0.4, -0.2) is 66.2 Å². The summed E-state index contributed by atoms with van der Waals surface area (Å²) in [5.41, 5.74) is 0. The number of nitrogens with zero attached hydrogens (tertiary/aromatic N) is 1. The van der Waals surface area contributed by atoms with Gasteiger partial charge in [-0.2, -0.15) is 29.0 Å². The predicted molar refractivity (Wildman–Crippen MR) is 61.4 cm³/mol. The Morgan fingerprint density at radius 1 is 1.32 bits per heavy atom. The van der Waals surface area contributed by atoms with Crippen LogP contribution in [0.25, 0.3) is 0 Å². The first-order valence-electron chi connectivity index (χ1n) is 5.04. The number of thioether (sulfide) groups is 1. The lowest BCUT2D eigenvalue weighted by atomic mass is 10.4. The van der Waals surface area contributed by atoms with Crippen LogP contribution in [0.2, 0.25) is 0 Å². The molecular formula is C8H11F2NO6S2. The lowest BCUT2D eigenvalue weighted by Gasteiger charge is -2.26. The highest BCUT2D eigenvalue weighted by molar-refractivity contribution is 7.99. The second-order valence-electron chi connectivity index (χ2n) is 3.56. The zero-order valence-electron chi connectivity index (χ0n) is 9.54. The summed E-state index contributed by atoms with van der Waals surface area (Å²) in [7, 11) is -5.91. The minimum Gasteiger partial charge on any atom is -0.450 e. The van der Waals surface area contributed by atoms with Gasteiger partial charge in [0.2, 0.25) is 0 Å². The van der Waals surface area contributed by atoms with Gasteiger partial charge in [0.15, 0.2) is 6.61 Å². The summed E-state index contributed by atoms with van der Waals surface area (Å²) in [4.78, 5) is 23.6. The van der Waals surface area contributed by atoms with Crippen molar-refractivity contribution in [3.8, 4) is 0 Å². The molecule has 19 heavy (non-hydrogen) atoms. The number of carbonyl (C=O) groups is 2. The third-order valence-corrected chi connectivity index (χ3v) is 4.01. The van der Waals surface area contributed by atoms with Gasteiger partial charge in [0.05, 0.1) is 0 Å². The van der Waals surface area contributed by atoms with Gasteiger partial charge in [0.25, 0.3) is 5.91 Å². The number of alkyl halides is 2. The average molecular weight is 319 g/mol. The monoisotopic (exact) mass is 319 g/mol. The minimum atomic E-state index is -5.91. The molecule has 0 aliphatic carbocycles. The molecule has 0 radical (unpaired) electrons. The highest BCUT2D eigenvalue weighted by Gasteiger charge is 2.54. The molecule has 1 amide bonds. The molecule has 1 aliphatic heterocycles. The summed E-state index contributed by atoms with van der Waals surface area (Å²) in [6.45, 7) is -0.194. The maximum atomic E-state index is 12.8. The lowest BCUT2D eigenvalue weighted by molar-refractivity contribution is -0.165. The summed E-state index contributed by atoms with van der Waals surface area (Å²) in [5, 5.41) is -5.08. The Bertz CT molecular complexity index is 460. The smallest absolute Gasteiger partial charge is 0.450 e. The molecule has 0 saturated carbocycles. The first-order chi connectivity index (χ1) is 8.66. The summed E-state index contributed by atoms with van der Waals surface area (Å²) in [5.74, 6) is -1.81. The quantitative estimate of drug-likeness (QED) is 0.555. The van der Waals surface area contributed by atoms with Crippen molar-refractivity contribution in [3.05, 3.63) is 0 Å². The Morgan fingerprint density at radius 3 is 2.32 bits per heavy atom. The van der Waals surface area contributed by atoms with E-state index in [1.54, 1.807) is 11.8 Å². The number of hydrogen-bond acceptors (Lipinski definition) is 6. The molecule has 110 valence electrons. The van der Waals surface area contributed by atoms with Gasteiger partial charge in [-0.1, -0.05) is 0 Å². The van der Waals surface area contributed by atoms with E-state index in [2.05, 4.69) is 4.74 Å². The first-order valence-corrected chi connectivity index (χ1v) is 7.63. The number of rotatable bonds is 4. The van der Waals surface area contributed by atoms with Gasteiger partial charge in [0, 0.05) is 24.6 Å². The number of hydrogen-bond donors (Lipinski definition) is 1. The summed E-state index contributed by atoms with van der Waals surface area (Å²) < 4.78 is 58.1. The molecule has 0 atom stereocenters. The average Bonchev–Trinajstić information content (AvgIpc) is 2.35. The van der Waals surface area contributed by atoms with Crippen molar-refractivity contribution in [2.45, 2.75) is 5.25 Å². The standard InChI is InChI=1S/C8H11F2NO6S2/c9-8(10,19(14,15)16)7(13)17-5-6(12)11-1-3-18-4-2-11/h1-5H2,(H,14,15,16). The molecule has 0 aromatic rings. The summed E-state index contributed by atoms with van der Waals surface area (Å²) in [6.07, 6.45) is 0. The Hall–Kier alpha value is -0.940. The van der Waals surface area contributed by atoms with Crippen LogP contribution in [0.1, 0.15) is 0 Å². The van der Waals surface area contributed by atoms with Crippen molar-refractivity contribution in [2.24, 2.45) is 0 Å². The van der Waals surface area contributed by atoms with Gasteiger partial charge in [-0.15, -0.1) is 0 Å². The maximum Gasteiger partial charge on any atom is 0.465 e.